The van der Waals surface area contributed by atoms with Crippen molar-refractivity contribution in [3.63, 3.8) is 0 Å². The number of aromatic nitrogens is 2. The highest BCUT2D eigenvalue weighted by molar-refractivity contribution is 5.75. The second-order valence-electron chi connectivity index (χ2n) is 10.8. The molecule has 0 spiro atoms. The summed E-state index contributed by atoms with van der Waals surface area (Å²) in [6, 6.07) is 11.2. The minimum atomic E-state index is -1.03. The van der Waals surface area contributed by atoms with Gasteiger partial charge < -0.3 is 9.88 Å². The van der Waals surface area contributed by atoms with Crippen LogP contribution in [-0.4, -0.2) is 33.6 Å². The van der Waals surface area contributed by atoms with Gasteiger partial charge in [0.1, 0.15) is 29.1 Å². The molecule has 3 aromatic carbocycles. The zero-order chi connectivity index (χ0) is 27.3. The zero-order valence-corrected chi connectivity index (χ0v) is 21.2. The van der Waals surface area contributed by atoms with Gasteiger partial charge >= 0.3 is 5.69 Å². The van der Waals surface area contributed by atoms with Gasteiger partial charge in [0.2, 0.25) is 0 Å². The number of aromatic amines is 1. The number of nitrogens with one attached hydrogen (secondary N) is 1. The summed E-state index contributed by atoms with van der Waals surface area (Å²) in [4.78, 5) is 17.7. The lowest BCUT2D eigenvalue weighted by Gasteiger charge is -2.46. The number of halogens is 5. The van der Waals surface area contributed by atoms with Crippen LogP contribution in [-0.2, 0) is 5.41 Å². The zero-order valence-electron chi connectivity index (χ0n) is 21.2. The number of H-pyrrole nitrogens is 1. The van der Waals surface area contributed by atoms with Crippen molar-refractivity contribution in [2.24, 2.45) is 0 Å². The molecule has 4 aromatic rings. The van der Waals surface area contributed by atoms with E-state index in [0.717, 1.165) is 38.1 Å². The number of hydrogen-bond acceptors (Lipinski definition) is 2. The van der Waals surface area contributed by atoms with Crippen molar-refractivity contribution in [2.45, 2.75) is 56.0 Å². The Kier molecular flexibility index (Phi) is 6.57. The minimum Gasteiger partial charge on any atom is -0.305 e. The van der Waals surface area contributed by atoms with E-state index in [4.69, 9.17) is 0 Å². The van der Waals surface area contributed by atoms with Gasteiger partial charge in [-0.25, -0.2) is 26.7 Å². The minimum absolute atomic E-state index is 0.0164. The Morgan fingerprint density at radius 3 is 1.79 bits per heavy atom. The highest BCUT2D eigenvalue weighted by atomic mass is 19.1. The molecule has 204 valence electrons. The number of benzene rings is 3. The van der Waals surface area contributed by atoms with Crippen molar-refractivity contribution >= 4 is 11.0 Å². The molecule has 1 aliphatic carbocycles. The molecular weight excluding hydrogens is 513 g/mol. The first-order valence-electron chi connectivity index (χ1n) is 13.3. The molecule has 0 bridgehead atoms. The molecule has 4 nitrogen and oxygen atoms in total. The number of fused-ring (bicyclic) bond motifs is 1. The number of nitrogens with zero attached hydrogens (tertiary/aromatic N) is 2. The Labute approximate surface area is 222 Å². The Balaban J connectivity index is 1.21. The molecule has 1 saturated carbocycles. The van der Waals surface area contributed by atoms with E-state index in [1.807, 2.05) is 0 Å². The smallest absolute Gasteiger partial charge is 0.305 e. The first-order valence-corrected chi connectivity index (χ1v) is 13.3. The largest absolute Gasteiger partial charge is 0.326 e. The molecule has 2 aliphatic rings. The summed E-state index contributed by atoms with van der Waals surface area (Å²) < 4.78 is 72.9. The SMILES string of the molecule is O=c1[nH]c2cc(F)ccc2n1C1CCN(C2CCC(c3ccc(F)cc3F)(c3ccc(F)cc3F)CC2)CC1. The van der Waals surface area contributed by atoms with E-state index >= 15 is 8.78 Å². The number of imidazole rings is 1. The van der Waals surface area contributed by atoms with Crippen molar-refractivity contribution in [2.75, 3.05) is 13.1 Å². The van der Waals surface area contributed by atoms with Crippen molar-refractivity contribution in [1.29, 1.82) is 0 Å². The molecule has 1 aromatic heterocycles. The number of likely N-dealkylation sites (tertiary alicyclic amines) is 1. The van der Waals surface area contributed by atoms with Gasteiger partial charge in [0.05, 0.1) is 11.0 Å². The number of hydrogen-bond donors (Lipinski definition) is 1. The van der Waals surface area contributed by atoms with Crippen LogP contribution in [0, 0.1) is 29.1 Å². The van der Waals surface area contributed by atoms with E-state index in [1.165, 1.54) is 36.4 Å². The van der Waals surface area contributed by atoms with Gasteiger partial charge in [0.25, 0.3) is 0 Å². The fraction of sp³-hybridized carbons (Fsp3) is 0.367. The van der Waals surface area contributed by atoms with Crippen LogP contribution in [0.1, 0.15) is 55.7 Å². The Morgan fingerprint density at radius 1 is 0.692 bits per heavy atom. The van der Waals surface area contributed by atoms with Crippen LogP contribution in [0.2, 0.25) is 0 Å². The lowest BCUT2D eigenvalue weighted by Crippen LogP contribution is -2.47. The van der Waals surface area contributed by atoms with Crippen LogP contribution in [0.5, 0.6) is 0 Å². The molecule has 0 amide bonds. The van der Waals surface area contributed by atoms with Gasteiger partial charge in [-0.1, -0.05) is 12.1 Å². The second kappa shape index (κ2) is 9.93. The Bertz CT molecular complexity index is 1530. The summed E-state index contributed by atoms with van der Waals surface area (Å²) in [5, 5.41) is 0. The topological polar surface area (TPSA) is 41.0 Å². The molecule has 1 saturated heterocycles. The standard InChI is InChI=1S/C30H28F5N3O/c31-18-1-4-23(25(34)15-18)30(24-5-2-19(32)16-26(24)35)11-7-21(8-12-30)37-13-9-22(10-14-37)38-28-6-3-20(33)17-27(28)36-29(38)39/h1-6,15-17,21-22H,7-14H2,(H,36,39). The predicted octanol–water partition coefficient (Wildman–Crippen LogP) is 6.59. The lowest BCUT2D eigenvalue weighted by molar-refractivity contribution is 0.0936. The van der Waals surface area contributed by atoms with Crippen LogP contribution in [0.4, 0.5) is 22.0 Å². The maximum Gasteiger partial charge on any atom is 0.326 e. The first-order chi connectivity index (χ1) is 18.7. The number of rotatable bonds is 4. The van der Waals surface area contributed by atoms with E-state index in [1.54, 1.807) is 10.6 Å². The molecule has 0 unspecified atom stereocenters. The normalized spacial score (nSPS) is 19.1. The molecule has 9 heteroatoms. The quantitative estimate of drug-likeness (QED) is 0.296. The van der Waals surface area contributed by atoms with E-state index in [9.17, 15) is 18.0 Å². The highest BCUT2D eigenvalue weighted by Gasteiger charge is 2.43. The molecule has 0 radical (unpaired) electrons. The Morgan fingerprint density at radius 2 is 1.23 bits per heavy atom. The average Bonchev–Trinajstić information content (AvgIpc) is 3.23. The fourth-order valence-corrected chi connectivity index (χ4v) is 6.87. The van der Waals surface area contributed by atoms with Crippen molar-refractivity contribution in [3.8, 4) is 0 Å². The van der Waals surface area contributed by atoms with Crippen molar-refractivity contribution in [1.82, 2.24) is 14.5 Å². The van der Waals surface area contributed by atoms with Crippen LogP contribution < -0.4 is 5.69 Å². The molecule has 1 N–H and O–H groups in total. The summed E-state index contributed by atoms with van der Waals surface area (Å²) >= 11 is 0. The van der Waals surface area contributed by atoms with Crippen LogP contribution in [0.25, 0.3) is 11.0 Å². The monoisotopic (exact) mass is 541 g/mol. The molecule has 6 rings (SSSR count). The van der Waals surface area contributed by atoms with Crippen molar-refractivity contribution < 1.29 is 22.0 Å². The van der Waals surface area contributed by atoms with Gasteiger partial charge in [-0.15, -0.1) is 0 Å². The maximum absolute atomic E-state index is 15.1. The predicted molar refractivity (Wildman–Crippen MR) is 138 cm³/mol. The molecule has 0 atom stereocenters. The fourth-order valence-electron chi connectivity index (χ4n) is 6.87. The van der Waals surface area contributed by atoms with E-state index in [-0.39, 0.29) is 28.9 Å². The van der Waals surface area contributed by atoms with Crippen LogP contribution in [0.3, 0.4) is 0 Å². The molecule has 1 aliphatic heterocycles. The first kappa shape index (κ1) is 25.8. The van der Waals surface area contributed by atoms with E-state index in [2.05, 4.69) is 9.88 Å². The third-order valence-electron chi connectivity index (χ3n) is 8.76. The average molecular weight is 542 g/mol. The molecule has 39 heavy (non-hydrogen) atoms. The molecule has 2 heterocycles. The van der Waals surface area contributed by atoms with Crippen molar-refractivity contribution in [3.05, 3.63) is 105 Å². The molecular formula is C30H28F5N3O. The van der Waals surface area contributed by atoms with Gasteiger partial charge in [-0.05, 0) is 80.0 Å². The van der Waals surface area contributed by atoms with Gasteiger partial charge in [0.15, 0.2) is 0 Å². The highest BCUT2D eigenvalue weighted by Crippen LogP contribution is 2.48. The van der Waals surface area contributed by atoms with Gasteiger partial charge in [-0.3, -0.25) is 4.57 Å². The summed E-state index contributed by atoms with van der Waals surface area (Å²) in [6.45, 7) is 1.50. The third-order valence-corrected chi connectivity index (χ3v) is 8.76. The Hall–Kier alpha value is -3.46. The van der Waals surface area contributed by atoms with Gasteiger partial charge in [-0.2, -0.15) is 0 Å². The summed E-state index contributed by atoms with van der Waals surface area (Å²) in [5.74, 6) is -3.28. The maximum atomic E-state index is 15.1. The van der Waals surface area contributed by atoms with Gasteiger partial charge in [0, 0.05) is 42.7 Å². The van der Waals surface area contributed by atoms with Crippen LogP contribution in [0.15, 0.2) is 59.4 Å². The third kappa shape index (κ3) is 4.56. The molecule has 2 fully saturated rings. The summed E-state index contributed by atoms with van der Waals surface area (Å²) in [7, 11) is 0. The summed E-state index contributed by atoms with van der Waals surface area (Å²) in [5.41, 5.74) is 0.330. The lowest BCUT2D eigenvalue weighted by atomic mass is 9.63. The summed E-state index contributed by atoms with van der Waals surface area (Å²) in [6.07, 6.45) is 3.65. The second-order valence-corrected chi connectivity index (χ2v) is 10.8. The van der Waals surface area contributed by atoms with E-state index < -0.39 is 34.5 Å². The van der Waals surface area contributed by atoms with Crippen LogP contribution >= 0.6 is 0 Å². The van der Waals surface area contributed by atoms with E-state index in [0.29, 0.717) is 36.7 Å². The number of piperidine rings is 1.